The zero-order valence-corrected chi connectivity index (χ0v) is 17.4. The Hall–Kier alpha value is -3.11. The number of nitrogens with one attached hydrogen (secondary N) is 1. The van der Waals surface area contributed by atoms with Crippen LogP contribution in [0.3, 0.4) is 0 Å². The van der Waals surface area contributed by atoms with Gasteiger partial charge in [0.1, 0.15) is 30.0 Å². The molecule has 2 aliphatic rings. The number of hydrogen-bond donors (Lipinski definition) is 2. The predicted molar refractivity (Wildman–Crippen MR) is 113 cm³/mol. The van der Waals surface area contributed by atoms with Crippen molar-refractivity contribution in [3.63, 3.8) is 0 Å². The van der Waals surface area contributed by atoms with Crippen LogP contribution in [0.1, 0.15) is 25.0 Å². The van der Waals surface area contributed by atoms with Gasteiger partial charge in [-0.15, -0.1) is 5.10 Å². The number of aliphatic hydroxyl groups excluding tert-OH is 1. The molecule has 9 nitrogen and oxygen atoms in total. The normalized spacial score (nSPS) is 29.8. The van der Waals surface area contributed by atoms with Gasteiger partial charge < -0.3 is 24.6 Å². The third-order valence-corrected chi connectivity index (χ3v) is 5.67. The number of carbonyl (C=O) groups excluding carboxylic acids is 1. The van der Waals surface area contributed by atoms with Crippen molar-refractivity contribution in [2.24, 2.45) is 0 Å². The molecule has 6 atom stereocenters. The zero-order chi connectivity index (χ0) is 22.1. The minimum atomic E-state index is -1.04. The summed E-state index contributed by atoms with van der Waals surface area (Å²) >= 11 is 0. The van der Waals surface area contributed by atoms with Crippen molar-refractivity contribution < 1.29 is 24.1 Å². The second-order valence-corrected chi connectivity index (χ2v) is 7.91. The van der Waals surface area contributed by atoms with Gasteiger partial charge in [0, 0.05) is 18.1 Å². The van der Waals surface area contributed by atoms with Crippen molar-refractivity contribution in [3.05, 3.63) is 72.4 Å². The third-order valence-electron chi connectivity index (χ3n) is 5.67. The Morgan fingerprint density at radius 1 is 1.09 bits per heavy atom. The first-order valence-electron chi connectivity index (χ1n) is 10.5. The van der Waals surface area contributed by atoms with Gasteiger partial charge in [-0.25, -0.2) is 4.68 Å². The van der Waals surface area contributed by atoms with Crippen LogP contribution < -0.4 is 5.32 Å². The summed E-state index contributed by atoms with van der Waals surface area (Å²) in [6, 6.07) is 18.3. The molecule has 9 heteroatoms. The summed E-state index contributed by atoms with van der Waals surface area (Å²) in [6.45, 7) is 1.62. The number of nitrogens with zero attached hydrogens (tertiary/aromatic N) is 3. The van der Waals surface area contributed by atoms with Gasteiger partial charge in [-0.05, 0) is 0 Å². The number of amides is 1. The van der Waals surface area contributed by atoms with Crippen LogP contribution in [0.15, 0.2) is 66.9 Å². The maximum absolute atomic E-state index is 11.9. The Balaban J connectivity index is 1.40. The number of ether oxygens (including phenoxy) is 3. The van der Waals surface area contributed by atoms with Gasteiger partial charge in [0.25, 0.3) is 0 Å². The van der Waals surface area contributed by atoms with E-state index in [1.54, 1.807) is 6.20 Å². The Bertz CT molecular complexity index is 1060. The molecule has 0 spiro atoms. The van der Waals surface area contributed by atoms with Crippen LogP contribution in [0.5, 0.6) is 0 Å². The first-order valence-corrected chi connectivity index (χ1v) is 10.5. The average molecular weight is 436 g/mol. The molecule has 2 fully saturated rings. The lowest BCUT2D eigenvalue weighted by molar-refractivity contribution is -0.324. The summed E-state index contributed by atoms with van der Waals surface area (Å²) in [5, 5.41) is 22.4. The van der Waals surface area contributed by atoms with Crippen molar-refractivity contribution in [1.82, 2.24) is 20.3 Å². The minimum Gasteiger partial charge on any atom is -0.388 e. The van der Waals surface area contributed by atoms with Crippen LogP contribution in [-0.2, 0) is 19.0 Å². The number of aliphatic hydroxyl groups is 1. The van der Waals surface area contributed by atoms with Crippen LogP contribution >= 0.6 is 0 Å². The fraction of sp³-hybridized carbons (Fsp3) is 0.348. The standard InChI is InChI=1S/C23H24N4O5/c1-14(28)24-19-20(29)21-18(13-30-23(32-21)16-10-6-3-7-11-16)31-22(19)27-12-17(25-26-27)15-8-4-2-5-9-15/h2-12,18-23,29H,13H2,1H3,(H,24,28)/t18-,19-,20-,21-,22-,23?/m1/s1. The number of rotatable bonds is 4. The van der Waals surface area contributed by atoms with Crippen LogP contribution in [-0.4, -0.2) is 57.0 Å². The summed E-state index contributed by atoms with van der Waals surface area (Å²) in [4.78, 5) is 11.9. The van der Waals surface area contributed by atoms with E-state index in [-0.39, 0.29) is 12.5 Å². The van der Waals surface area contributed by atoms with E-state index >= 15 is 0 Å². The molecule has 1 aromatic heterocycles. The molecule has 0 aliphatic carbocycles. The Morgan fingerprint density at radius 3 is 2.53 bits per heavy atom. The van der Waals surface area contributed by atoms with E-state index in [0.717, 1.165) is 11.1 Å². The second kappa shape index (κ2) is 8.79. The highest BCUT2D eigenvalue weighted by Gasteiger charge is 2.50. The molecular weight excluding hydrogens is 412 g/mol. The Labute approximate surface area is 184 Å². The molecule has 1 unspecified atom stereocenters. The maximum Gasteiger partial charge on any atom is 0.217 e. The van der Waals surface area contributed by atoms with Crippen LogP contribution in [0, 0.1) is 0 Å². The molecule has 0 radical (unpaired) electrons. The first-order chi connectivity index (χ1) is 15.6. The van der Waals surface area contributed by atoms with E-state index in [4.69, 9.17) is 14.2 Å². The Kier molecular flexibility index (Phi) is 5.71. The highest BCUT2D eigenvalue weighted by atomic mass is 16.7. The van der Waals surface area contributed by atoms with E-state index in [1.165, 1.54) is 11.6 Å². The largest absolute Gasteiger partial charge is 0.388 e. The molecular formula is C23H24N4O5. The number of benzene rings is 2. The van der Waals surface area contributed by atoms with Crippen LogP contribution in [0.4, 0.5) is 0 Å². The smallest absolute Gasteiger partial charge is 0.217 e. The quantitative estimate of drug-likeness (QED) is 0.642. The van der Waals surface area contributed by atoms with Gasteiger partial charge in [0.05, 0.1) is 12.8 Å². The minimum absolute atomic E-state index is 0.227. The lowest BCUT2D eigenvalue weighted by atomic mass is 9.94. The number of aromatic nitrogens is 3. The number of hydrogen-bond acceptors (Lipinski definition) is 7. The zero-order valence-electron chi connectivity index (χ0n) is 17.4. The van der Waals surface area contributed by atoms with Gasteiger partial charge >= 0.3 is 0 Å². The SMILES string of the molecule is CC(=O)N[C@@H]1[C@@H](O)[C@@H]2OC(c3ccccc3)OC[C@H]2O[C@H]1n1cc(-c2ccccc2)nn1. The molecule has 0 saturated carbocycles. The monoisotopic (exact) mass is 436 g/mol. The van der Waals surface area contributed by atoms with E-state index in [1.807, 2.05) is 60.7 Å². The van der Waals surface area contributed by atoms with E-state index in [0.29, 0.717) is 5.69 Å². The molecule has 2 saturated heterocycles. The molecule has 166 valence electrons. The molecule has 32 heavy (non-hydrogen) atoms. The molecule has 2 aromatic carbocycles. The number of carbonyl (C=O) groups is 1. The van der Waals surface area contributed by atoms with Crippen LogP contribution in [0.2, 0.25) is 0 Å². The van der Waals surface area contributed by atoms with Gasteiger partial charge in [-0.3, -0.25) is 4.79 Å². The van der Waals surface area contributed by atoms with Gasteiger partial charge in [0.15, 0.2) is 12.5 Å². The maximum atomic E-state index is 11.9. The molecule has 3 heterocycles. The highest BCUT2D eigenvalue weighted by Crippen LogP contribution is 2.37. The molecule has 0 bridgehead atoms. The lowest BCUT2D eigenvalue weighted by Gasteiger charge is -2.47. The molecule has 1 amide bonds. The summed E-state index contributed by atoms with van der Waals surface area (Å²) in [7, 11) is 0. The van der Waals surface area contributed by atoms with Crippen molar-refractivity contribution >= 4 is 5.91 Å². The van der Waals surface area contributed by atoms with Gasteiger partial charge in [0.2, 0.25) is 5.91 Å². The fourth-order valence-electron chi connectivity index (χ4n) is 4.15. The predicted octanol–water partition coefficient (Wildman–Crippen LogP) is 1.82. The van der Waals surface area contributed by atoms with Crippen molar-refractivity contribution in [2.75, 3.05) is 6.61 Å². The lowest BCUT2D eigenvalue weighted by Crippen LogP contribution is -2.64. The van der Waals surface area contributed by atoms with Crippen LogP contribution in [0.25, 0.3) is 11.3 Å². The first kappa shape index (κ1) is 20.8. The average Bonchev–Trinajstić information content (AvgIpc) is 3.32. The molecule has 2 N–H and O–H groups in total. The topological polar surface area (TPSA) is 108 Å². The Morgan fingerprint density at radius 2 is 1.81 bits per heavy atom. The van der Waals surface area contributed by atoms with E-state index in [2.05, 4.69) is 15.6 Å². The van der Waals surface area contributed by atoms with E-state index in [9.17, 15) is 9.90 Å². The van der Waals surface area contributed by atoms with Crippen molar-refractivity contribution in [3.8, 4) is 11.3 Å². The molecule has 2 aliphatic heterocycles. The van der Waals surface area contributed by atoms with Gasteiger partial charge in [-0.1, -0.05) is 65.9 Å². The summed E-state index contributed by atoms with van der Waals surface area (Å²) in [5.41, 5.74) is 2.41. The summed E-state index contributed by atoms with van der Waals surface area (Å²) < 4.78 is 19.7. The molecule has 5 rings (SSSR count). The second-order valence-electron chi connectivity index (χ2n) is 7.91. The summed E-state index contributed by atoms with van der Waals surface area (Å²) in [5.74, 6) is -0.295. The molecule has 3 aromatic rings. The van der Waals surface area contributed by atoms with Crippen molar-refractivity contribution in [1.29, 1.82) is 0 Å². The number of fused-ring (bicyclic) bond motifs is 1. The third kappa shape index (κ3) is 4.03. The van der Waals surface area contributed by atoms with Crippen molar-refractivity contribution in [2.45, 2.75) is 43.8 Å². The van der Waals surface area contributed by atoms with E-state index < -0.39 is 36.9 Å². The van der Waals surface area contributed by atoms with Gasteiger partial charge in [-0.2, -0.15) is 0 Å². The fourth-order valence-corrected chi connectivity index (χ4v) is 4.15. The highest BCUT2D eigenvalue weighted by molar-refractivity contribution is 5.73. The summed E-state index contributed by atoms with van der Waals surface area (Å²) in [6.07, 6.45) is -1.92.